The van der Waals surface area contributed by atoms with Gasteiger partial charge in [0.1, 0.15) is 0 Å². The molecule has 3 saturated carbocycles. The maximum atomic E-state index is 11.2. The molecule has 0 amide bonds. The van der Waals surface area contributed by atoms with E-state index in [1.54, 1.807) is 0 Å². The van der Waals surface area contributed by atoms with Crippen LogP contribution in [-0.4, -0.2) is 16.5 Å². The summed E-state index contributed by atoms with van der Waals surface area (Å²) in [5, 5.41) is 0. The Morgan fingerprint density at radius 1 is 1.54 bits per heavy atom. The van der Waals surface area contributed by atoms with E-state index in [0.717, 1.165) is 6.42 Å². The molecule has 0 N–H and O–H groups in total. The second kappa shape index (κ2) is 2.84. The number of hydrogen-bond acceptors (Lipinski definition) is 2. The number of esters is 1. The third-order valence-corrected chi connectivity index (χ3v) is 4.56. The van der Waals surface area contributed by atoms with Gasteiger partial charge in [0.25, 0.3) is 0 Å². The Morgan fingerprint density at radius 2 is 2.08 bits per heavy atom. The second-order valence-corrected chi connectivity index (χ2v) is 7.10. The monoisotopic (exact) mass is 294 g/mol. The van der Waals surface area contributed by atoms with E-state index in [0.29, 0.717) is 8.84 Å². The van der Waals surface area contributed by atoms with E-state index in [9.17, 15) is 4.79 Å². The van der Waals surface area contributed by atoms with E-state index in [1.165, 1.54) is 26.4 Å². The van der Waals surface area contributed by atoms with Crippen molar-refractivity contribution in [2.24, 2.45) is 11.3 Å². The largest absolute Gasteiger partial charge is 0.469 e. The number of halogens is 1. The van der Waals surface area contributed by atoms with Crippen LogP contribution in [0.4, 0.5) is 0 Å². The summed E-state index contributed by atoms with van der Waals surface area (Å²) in [6, 6.07) is 0. The molecule has 3 aliphatic carbocycles. The minimum Gasteiger partial charge on any atom is -0.469 e. The van der Waals surface area contributed by atoms with Crippen molar-refractivity contribution in [2.75, 3.05) is 7.11 Å². The summed E-state index contributed by atoms with van der Waals surface area (Å²) in [7, 11) is 1.47. The molecule has 0 aromatic heterocycles. The zero-order valence-electron chi connectivity index (χ0n) is 8.10. The van der Waals surface area contributed by atoms with Gasteiger partial charge < -0.3 is 4.74 Å². The zero-order chi connectivity index (χ0) is 9.69. The molecule has 3 aliphatic rings. The maximum Gasteiger partial charge on any atom is 0.308 e. The van der Waals surface area contributed by atoms with Crippen LogP contribution >= 0.6 is 22.6 Å². The summed E-state index contributed by atoms with van der Waals surface area (Å²) in [5.74, 6) is 0.0403. The SMILES string of the molecule is COC(=O)[C@@H](C)CC12CC(I)(C1)C2. The first-order valence-electron chi connectivity index (χ1n) is 4.75. The smallest absolute Gasteiger partial charge is 0.308 e. The lowest BCUT2D eigenvalue weighted by Crippen LogP contribution is -2.63. The molecule has 0 aliphatic heterocycles. The normalized spacial score (nSPS) is 43.0. The van der Waals surface area contributed by atoms with Crippen molar-refractivity contribution in [2.45, 2.75) is 36.0 Å². The number of hydrogen-bond donors (Lipinski definition) is 0. The van der Waals surface area contributed by atoms with E-state index in [1.807, 2.05) is 6.92 Å². The molecule has 0 heterocycles. The van der Waals surface area contributed by atoms with Crippen LogP contribution in [0.5, 0.6) is 0 Å². The number of rotatable bonds is 3. The van der Waals surface area contributed by atoms with Gasteiger partial charge in [-0.2, -0.15) is 0 Å². The topological polar surface area (TPSA) is 26.3 Å². The van der Waals surface area contributed by atoms with Gasteiger partial charge in [-0.15, -0.1) is 0 Å². The van der Waals surface area contributed by atoms with Crippen molar-refractivity contribution in [3.63, 3.8) is 0 Å². The Hall–Kier alpha value is 0.200. The van der Waals surface area contributed by atoms with Gasteiger partial charge in [0.05, 0.1) is 13.0 Å². The van der Waals surface area contributed by atoms with E-state index >= 15 is 0 Å². The molecule has 3 fully saturated rings. The summed E-state index contributed by atoms with van der Waals surface area (Å²) in [4.78, 5) is 11.2. The zero-order valence-corrected chi connectivity index (χ0v) is 10.3. The number of methoxy groups -OCH3 is 1. The van der Waals surface area contributed by atoms with Gasteiger partial charge in [-0.3, -0.25) is 4.79 Å². The van der Waals surface area contributed by atoms with Crippen molar-refractivity contribution in [1.29, 1.82) is 0 Å². The minimum absolute atomic E-state index is 0.0489. The van der Waals surface area contributed by atoms with Crippen LogP contribution in [0, 0.1) is 11.3 Å². The Labute approximate surface area is 92.5 Å². The van der Waals surface area contributed by atoms with Crippen LogP contribution in [0.15, 0.2) is 0 Å². The van der Waals surface area contributed by atoms with Crippen LogP contribution < -0.4 is 0 Å². The van der Waals surface area contributed by atoms with Gasteiger partial charge in [0, 0.05) is 3.42 Å². The number of alkyl halides is 1. The van der Waals surface area contributed by atoms with Gasteiger partial charge in [0.2, 0.25) is 0 Å². The summed E-state index contributed by atoms with van der Waals surface area (Å²) >= 11 is 2.56. The number of ether oxygens (including phenoxy) is 1. The lowest BCUT2D eigenvalue weighted by atomic mass is 9.42. The third kappa shape index (κ3) is 1.49. The summed E-state index contributed by atoms with van der Waals surface area (Å²) in [6.45, 7) is 1.98. The van der Waals surface area contributed by atoms with Crippen molar-refractivity contribution in [3.8, 4) is 0 Å². The van der Waals surface area contributed by atoms with Gasteiger partial charge >= 0.3 is 5.97 Å². The summed E-state index contributed by atoms with van der Waals surface area (Å²) in [6.07, 6.45) is 5.00. The van der Waals surface area contributed by atoms with Crippen LogP contribution in [0.3, 0.4) is 0 Å². The fraction of sp³-hybridized carbons (Fsp3) is 0.900. The molecule has 74 valence electrons. The Bertz CT molecular complexity index is 230. The molecule has 13 heavy (non-hydrogen) atoms. The summed E-state index contributed by atoms with van der Waals surface area (Å²) in [5.41, 5.74) is 0.523. The van der Waals surface area contributed by atoms with Gasteiger partial charge in [0.15, 0.2) is 0 Å². The van der Waals surface area contributed by atoms with E-state index in [2.05, 4.69) is 22.6 Å². The third-order valence-electron chi connectivity index (χ3n) is 3.42. The van der Waals surface area contributed by atoms with Gasteiger partial charge in [-0.1, -0.05) is 29.5 Å². The lowest BCUT2D eigenvalue weighted by Gasteiger charge is -2.69. The molecule has 0 saturated heterocycles. The molecule has 0 radical (unpaired) electrons. The number of carbonyl (C=O) groups excluding carboxylic acids is 1. The molecule has 0 spiro atoms. The molecular formula is C10H15IO2. The first-order chi connectivity index (χ1) is 5.99. The molecule has 2 nitrogen and oxygen atoms in total. The van der Waals surface area contributed by atoms with Gasteiger partial charge in [-0.25, -0.2) is 0 Å². The minimum atomic E-state index is -0.0489. The molecule has 0 unspecified atom stereocenters. The van der Waals surface area contributed by atoms with Crippen molar-refractivity contribution >= 4 is 28.6 Å². The fourth-order valence-corrected chi connectivity index (χ4v) is 5.44. The van der Waals surface area contributed by atoms with Crippen molar-refractivity contribution in [1.82, 2.24) is 0 Å². The average molecular weight is 294 g/mol. The maximum absolute atomic E-state index is 11.2. The molecule has 1 atom stereocenters. The molecule has 0 aromatic rings. The van der Waals surface area contributed by atoms with E-state index < -0.39 is 0 Å². The fourth-order valence-electron chi connectivity index (χ4n) is 3.01. The Balaban J connectivity index is 1.83. The van der Waals surface area contributed by atoms with E-state index in [-0.39, 0.29) is 11.9 Å². The number of carbonyl (C=O) groups is 1. The first kappa shape index (κ1) is 9.74. The van der Waals surface area contributed by atoms with E-state index in [4.69, 9.17) is 4.74 Å². The predicted molar refractivity (Wildman–Crippen MR) is 58.8 cm³/mol. The van der Waals surface area contributed by atoms with Crippen LogP contribution in [0.2, 0.25) is 0 Å². The molecule has 3 heteroatoms. The average Bonchev–Trinajstić information content (AvgIpc) is 1.98. The molecule has 2 bridgehead atoms. The molecule has 3 rings (SSSR count). The highest BCUT2D eigenvalue weighted by Gasteiger charge is 2.66. The highest BCUT2D eigenvalue weighted by atomic mass is 127. The quantitative estimate of drug-likeness (QED) is 0.454. The first-order valence-corrected chi connectivity index (χ1v) is 5.83. The van der Waals surface area contributed by atoms with Crippen LogP contribution in [0.25, 0.3) is 0 Å². The summed E-state index contributed by atoms with van der Waals surface area (Å²) < 4.78 is 5.35. The lowest BCUT2D eigenvalue weighted by molar-refractivity contribution is -0.151. The van der Waals surface area contributed by atoms with Crippen LogP contribution in [-0.2, 0) is 9.53 Å². The highest BCUT2D eigenvalue weighted by molar-refractivity contribution is 14.1. The molecule has 0 aromatic carbocycles. The second-order valence-electron chi connectivity index (χ2n) is 4.81. The molecular weight excluding hydrogens is 279 g/mol. The van der Waals surface area contributed by atoms with Gasteiger partial charge in [-0.05, 0) is 31.1 Å². The standard InChI is InChI=1S/C10H15IO2/c1-7(8(12)13-2)3-9-4-10(11,5-9)6-9/h7H,3-6H2,1-2H3/t7-,9?,10?/m0/s1. The highest BCUT2D eigenvalue weighted by Crippen LogP contribution is 2.74. The Kier molecular flexibility index (Phi) is 2.13. The predicted octanol–water partition coefficient (Wildman–Crippen LogP) is 2.54. The Morgan fingerprint density at radius 3 is 2.46 bits per heavy atom. The van der Waals surface area contributed by atoms with Crippen LogP contribution in [0.1, 0.15) is 32.6 Å². The van der Waals surface area contributed by atoms with Crippen molar-refractivity contribution in [3.05, 3.63) is 0 Å². The van der Waals surface area contributed by atoms with Crippen molar-refractivity contribution < 1.29 is 9.53 Å².